The zero-order chi connectivity index (χ0) is 19.4. The highest BCUT2D eigenvalue weighted by Crippen LogP contribution is 2.63. The van der Waals surface area contributed by atoms with Crippen molar-refractivity contribution in [1.82, 2.24) is 4.98 Å². The molecule has 4 atom stereocenters. The Kier molecular flexibility index (Phi) is 4.47. The number of hydrogen-bond acceptors (Lipinski definition) is 4. The van der Waals surface area contributed by atoms with Crippen LogP contribution in [0.2, 0.25) is 0 Å². The fourth-order valence-corrected chi connectivity index (χ4v) is 5.26. The number of ether oxygens (including phenoxy) is 1. The van der Waals surface area contributed by atoms with Gasteiger partial charge in [0.25, 0.3) is 0 Å². The lowest BCUT2D eigenvalue weighted by molar-refractivity contribution is -0.259. The molecule has 0 amide bonds. The van der Waals surface area contributed by atoms with E-state index in [1.54, 1.807) is 0 Å². The lowest BCUT2D eigenvalue weighted by Gasteiger charge is -2.64. The number of aromatic nitrogens is 1. The van der Waals surface area contributed by atoms with Crippen LogP contribution in [-0.2, 0) is 17.8 Å². The Labute approximate surface area is 162 Å². The zero-order valence-corrected chi connectivity index (χ0v) is 17.1. The third kappa shape index (κ3) is 2.94. The maximum absolute atomic E-state index is 11.1. The largest absolute Gasteiger partial charge is 0.441 e. The second-order valence-electron chi connectivity index (χ2n) is 9.10. The molecule has 1 heterocycles. The number of benzene rings is 1. The van der Waals surface area contributed by atoms with Crippen LogP contribution in [0.1, 0.15) is 57.6 Å². The van der Waals surface area contributed by atoms with Gasteiger partial charge in [-0.25, -0.2) is 4.98 Å². The van der Waals surface area contributed by atoms with Gasteiger partial charge in [-0.3, -0.25) is 0 Å². The maximum Gasteiger partial charge on any atom is 0.226 e. The average molecular weight is 370 g/mol. The highest BCUT2D eigenvalue weighted by atomic mass is 16.5. The summed E-state index contributed by atoms with van der Waals surface area (Å²) in [5, 5.41) is 11.1. The van der Waals surface area contributed by atoms with Gasteiger partial charge in [0, 0.05) is 5.56 Å². The highest BCUT2D eigenvalue weighted by molar-refractivity contribution is 5.59. The fraction of sp³-hybridized carbons (Fsp3) is 0.609. The first-order valence-electron chi connectivity index (χ1n) is 10.1. The smallest absolute Gasteiger partial charge is 0.226 e. The van der Waals surface area contributed by atoms with Crippen LogP contribution in [0.25, 0.3) is 11.5 Å². The molecular weight excluding hydrogens is 338 g/mol. The van der Waals surface area contributed by atoms with Crippen molar-refractivity contribution in [2.24, 2.45) is 17.3 Å². The molecule has 27 heavy (non-hydrogen) atoms. The van der Waals surface area contributed by atoms with Gasteiger partial charge in [-0.2, -0.15) is 0 Å². The normalized spacial score (nSPS) is 31.6. The Bertz CT molecular complexity index is 836. The molecule has 3 fully saturated rings. The Hall–Kier alpha value is -1.65. The van der Waals surface area contributed by atoms with Crippen LogP contribution in [0, 0.1) is 24.2 Å². The van der Waals surface area contributed by atoms with E-state index in [1.165, 1.54) is 5.56 Å². The molecule has 146 valence electrons. The second kappa shape index (κ2) is 6.46. The molecule has 4 nitrogen and oxygen atoms in total. The summed E-state index contributed by atoms with van der Waals surface area (Å²) in [5.74, 6) is 2.39. The molecule has 2 bridgehead atoms. The Morgan fingerprint density at radius 3 is 2.63 bits per heavy atom. The Balaban J connectivity index is 1.49. The number of aryl methyl sites for hydroxylation is 2. The van der Waals surface area contributed by atoms with E-state index >= 15 is 0 Å². The number of fused-ring (bicyclic) bond motifs is 2. The molecule has 2 aromatic rings. The van der Waals surface area contributed by atoms with E-state index in [0.29, 0.717) is 24.3 Å². The van der Waals surface area contributed by atoms with Crippen LogP contribution < -0.4 is 0 Å². The number of oxazole rings is 1. The van der Waals surface area contributed by atoms with Crippen LogP contribution >= 0.6 is 0 Å². The second-order valence-corrected chi connectivity index (χ2v) is 9.10. The van der Waals surface area contributed by atoms with E-state index in [9.17, 15) is 5.11 Å². The van der Waals surface area contributed by atoms with Gasteiger partial charge in [0.15, 0.2) is 0 Å². The summed E-state index contributed by atoms with van der Waals surface area (Å²) in [6, 6.07) is 8.21. The van der Waals surface area contributed by atoms with Crippen molar-refractivity contribution in [3.8, 4) is 11.5 Å². The molecule has 0 saturated heterocycles. The highest BCUT2D eigenvalue weighted by Gasteiger charge is 2.63. The fourth-order valence-electron chi connectivity index (χ4n) is 5.26. The molecule has 0 unspecified atom stereocenters. The van der Waals surface area contributed by atoms with Crippen molar-refractivity contribution < 1.29 is 14.3 Å². The van der Waals surface area contributed by atoms with Crippen LogP contribution in [0.3, 0.4) is 0 Å². The number of nitrogens with zero attached hydrogens (tertiary/aromatic N) is 1. The zero-order valence-electron chi connectivity index (χ0n) is 17.1. The minimum atomic E-state index is -0.784. The molecule has 4 heteroatoms. The van der Waals surface area contributed by atoms with Gasteiger partial charge in [0.2, 0.25) is 5.89 Å². The predicted octanol–water partition coefficient (Wildman–Crippen LogP) is 4.91. The topological polar surface area (TPSA) is 55.5 Å². The molecule has 1 aromatic carbocycles. The molecule has 5 rings (SSSR count). The quantitative estimate of drug-likeness (QED) is 0.813. The van der Waals surface area contributed by atoms with Crippen LogP contribution in [0.15, 0.2) is 28.7 Å². The summed E-state index contributed by atoms with van der Waals surface area (Å²) >= 11 is 0. The minimum absolute atomic E-state index is 0.142. The average Bonchev–Trinajstić information content (AvgIpc) is 3.00. The van der Waals surface area contributed by atoms with Crippen molar-refractivity contribution in [3.63, 3.8) is 0 Å². The van der Waals surface area contributed by atoms with Gasteiger partial charge in [-0.05, 0) is 62.0 Å². The molecule has 1 N–H and O–H groups in total. The molecule has 3 aliphatic rings. The molecule has 0 radical (unpaired) electrons. The standard InChI is InChI=1S/C23H31NO3/c1-6-15-9-7-8-10-17(15)21-24-18(14(2)27-21)13-26-20-12-16-11-19(22(16,3)4)23(20,5)25/h7-10,16,19-20,25H,6,11-13H2,1-5H3/t16-,19-,20+,23-/m1/s1. The first-order valence-corrected chi connectivity index (χ1v) is 10.1. The summed E-state index contributed by atoms with van der Waals surface area (Å²) in [6.45, 7) is 10.9. The summed E-state index contributed by atoms with van der Waals surface area (Å²) in [6.07, 6.45) is 2.82. The van der Waals surface area contributed by atoms with Crippen molar-refractivity contribution in [1.29, 1.82) is 0 Å². The van der Waals surface area contributed by atoms with E-state index in [0.717, 1.165) is 36.3 Å². The van der Waals surface area contributed by atoms with Crippen molar-refractivity contribution in [2.45, 2.75) is 72.2 Å². The number of hydrogen-bond donors (Lipinski definition) is 1. The van der Waals surface area contributed by atoms with Gasteiger partial charge >= 0.3 is 0 Å². The minimum Gasteiger partial charge on any atom is -0.441 e. The molecule has 0 spiro atoms. The summed E-state index contributed by atoms with van der Waals surface area (Å²) in [7, 11) is 0. The first-order chi connectivity index (χ1) is 12.7. The van der Waals surface area contributed by atoms with Crippen molar-refractivity contribution in [2.75, 3.05) is 0 Å². The summed E-state index contributed by atoms with van der Waals surface area (Å²) < 4.78 is 12.1. The SMILES string of the molecule is CCc1ccccc1-c1nc(CO[C@H]2C[C@H]3C[C@H](C3(C)C)[C@@]2(C)O)c(C)o1. The lowest BCUT2D eigenvalue weighted by Crippen LogP contribution is -2.66. The maximum atomic E-state index is 11.1. The number of aliphatic hydroxyl groups is 1. The van der Waals surface area contributed by atoms with Gasteiger partial charge in [-0.15, -0.1) is 0 Å². The Morgan fingerprint density at radius 1 is 1.22 bits per heavy atom. The van der Waals surface area contributed by atoms with Gasteiger partial charge in [0.05, 0.1) is 18.3 Å². The van der Waals surface area contributed by atoms with Crippen molar-refractivity contribution in [3.05, 3.63) is 41.3 Å². The molecule has 0 aliphatic heterocycles. The monoisotopic (exact) mass is 369 g/mol. The predicted molar refractivity (Wildman–Crippen MR) is 105 cm³/mol. The van der Waals surface area contributed by atoms with E-state index in [2.05, 4.69) is 32.9 Å². The van der Waals surface area contributed by atoms with Crippen molar-refractivity contribution >= 4 is 0 Å². The number of rotatable bonds is 5. The van der Waals surface area contributed by atoms with E-state index < -0.39 is 5.60 Å². The van der Waals surface area contributed by atoms with Crippen LogP contribution in [-0.4, -0.2) is 21.8 Å². The van der Waals surface area contributed by atoms with Crippen LogP contribution in [0.4, 0.5) is 0 Å². The van der Waals surface area contributed by atoms with E-state index in [4.69, 9.17) is 14.1 Å². The molecular formula is C23H31NO3. The van der Waals surface area contributed by atoms with E-state index in [-0.39, 0.29) is 11.5 Å². The third-order valence-corrected chi connectivity index (χ3v) is 7.27. The molecule has 1 aromatic heterocycles. The van der Waals surface area contributed by atoms with Crippen LogP contribution in [0.5, 0.6) is 0 Å². The molecule has 3 saturated carbocycles. The van der Waals surface area contributed by atoms with Gasteiger partial charge in [-0.1, -0.05) is 39.0 Å². The summed E-state index contributed by atoms with van der Waals surface area (Å²) in [4.78, 5) is 4.71. The summed E-state index contributed by atoms with van der Waals surface area (Å²) in [5.41, 5.74) is 2.52. The third-order valence-electron chi connectivity index (χ3n) is 7.27. The van der Waals surface area contributed by atoms with E-state index in [1.807, 2.05) is 26.0 Å². The Morgan fingerprint density at radius 2 is 1.96 bits per heavy atom. The van der Waals surface area contributed by atoms with Gasteiger partial charge < -0.3 is 14.3 Å². The van der Waals surface area contributed by atoms with Gasteiger partial charge in [0.1, 0.15) is 11.5 Å². The lowest BCUT2D eigenvalue weighted by atomic mass is 9.43. The molecule has 3 aliphatic carbocycles. The first kappa shape index (κ1) is 18.7.